The minimum Gasteiger partial charge on any atom is -0.494 e. The average Bonchev–Trinajstić information content (AvgIpc) is 3.07. The van der Waals surface area contributed by atoms with Crippen molar-refractivity contribution in [2.45, 2.75) is 13.8 Å². The Morgan fingerprint density at radius 2 is 1.62 bits per heavy atom. The Bertz CT molecular complexity index is 1070. The fourth-order valence-electron chi connectivity index (χ4n) is 3.21. The molecule has 29 heavy (non-hydrogen) atoms. The molecule has 0 N–H and O–H groups in total. The first-order valence-electron chi connectivity index (χ1n) is 9.65. The number of benzene rings is 3. The number of anilines is 1. The molecule has 0 spiro atoms. The number of rotatable bonds is 5. The second-order valence-corrected chi connectivity index (χ2v) is 6.81. The van der Waals surface area contributed by atoms with Gasteiger partial charge in [0.1, 0.15) is 17.3 Å². The third kappa shape index (κ3) is 3.97. The number of amides is 1. The van der Waals surface area contributed by atoms with Crippen LogP contribution in [0.25, 0.3) is 6.08 Å². The molecule has 4 heteroatoms. The number of aliphatic imine (C=N–C) groups is 1. The number of hydrogen-bond donors (Lipinski definition) is 0. The zero-order valence-corrected chi connectivity index (χ0v) is 16.5. The number of aryl methyl sites for hydroxylation is 1. The predicted octanol–water partition coefficient (Wildman–Crippen LogP) is 5.23. The first-order valence-corrected chi connectivity index (χ1v) is 9.65. The van der Waals surface area contributed by atoms with Crippen LogP contribution in [0.2, 0.25) is 0 Å². The molecule has 4 nitrogen and oxygen atoms in total. The Morgan fingerprint density at radius 3 is 2.28 bits per heavy atom. The average molecular weight is 382 g/mol. The normalized spacial score (nSPS) is 15.0. The first-order chi connectivity index (χ1) is 14.2. The Labute approximate surface area is 170 Å². The van der Waals surface area contributed by atoms with Crippen molar-refractivity contribution >= 4 is 23.5 Å². The summed E-state index contributed by atoms with van der Waals surface area (Å²) in [5.74, 6) is 1.31. The lowest BCUT2D eigenvalue weighted by atomic mass is 10.1. The van der Waals surface area contributed by atoms with E-state index in [1.165, 1.54) is 0 Å². The van der Waals surface area contributed by atoms with Crippen molar-refractivity contribution in [2.75, 3.05) is 11.5 Å². The molecule has 0 unspecified atom stereocenters. The van der Waals surface area contributed by atoms with Gasteiger partial charge >= 0.3 is 0 Å². The van der Waals surface area contributed by atoms with Crippen LogP contribution in [0.15, 0.2) is 89.6 Å². The highest BCUT2D eigenvalue weighted by molar-refractivity contribution is 6.33. The summed E-state index contributed by atoms with van der Waals surface area (Å²) in [7, 11) is 0. The molecule has 1 heterocycles. The van der Waals surface area contributed by atoms with Gasteiger partial charge in [-0.15, -0.1) is 0 Å². The van der Waals surface area contributed by atoms with Crippen molar-refractivity contribution in [3.63, 3.8) is 0 Å². The number of carbonyl (C=O) groups is 1. The maximum absolute atomic E-state index is 13.2. The molecule has 0 bridgehead atoms. The van der Waals surface area contributed by atoms with Crippen molar-refractivity contribution in [1.29, 1.82) is 0 Å². The smallest absolute Gasteiger partial charge is 0.282 e. The third-order valence-corrected chi connectivity index (χ3v) is 4.68. The van der Waals surface area contributed by atoms with Crippen LogP contribution in [0.3, 0.4) is 0 Å². The topological polar surface area (TPSA) is 41.9 Å². The summed E-state index contributed by atoms with van der Waals surface area (Å²) in [4.78, 5) is 19.6. The molecule has 144 valence electrons. The predicted molar refractivity (Wildman–Crippen MR) is 117 cm³/mol. The van der Waals surface area contributed by atoms with Crippen molar-refractivity contribution < 1.29 is 9.53 Å². The van der Waals surface area contributed by atoms with Crippen LogP contribution in [0.1, 0.15) is 23.6 Å². The standard InChI is InChI=1S/C25H22N2O2/c1-3-29-22-15-11-19(12-16-22)17-23-25(28)27(21-7-5-4-6-8-21)24(26-23)20-13-9-18(2)10-14-20/h4-17H,3H2,1-2H3/b23-17+. The lowest BCUT2D eigenvalue weighted by Gasteiger charge is -2.18. The van der Waals surface area contributed by atoms with Crippen molar-refractivity contribution in [2.24, 2.45) is 4.99 Å². The maximum atomic E-state index is 13.2. The molecule has 0 saturated heterocycles. The molecule has 0 saturated carbocycles. The quantitative estimate of drug-likeness (QED) is 0.567. The van der Waals surface area contributed by atoms with Crippen molar-refractivity contribution in [3.8, 4) is 5.75 Å². The molecule has 1 aliphatic heterocycles. The Balaban J connectivity index is 1.75. The van der Waals surface area contributed by atoms with Gasteiger partial charge in [-0.05, 0) is 49.8 Å². The SMILES string of the molecule is CCOc1ccc(/C=C2/N=C(c3ccc(C)cc3)N(c3ccccc3)C2=O)cc1. The van der Waals surface area contributed by atoms with Gasteiger partial charge in [-0.25, -0.2) is 4.99 Å². The highest BCUT2D eigenvalue weighted by Crippen LogP contribution is 2.28. The molecule has 0 aromatic heterocycles. The van der Waals surface area contributed by atoms with Crippen LogP contribution in [0.5, 0.6) is 5.75 Å². The zero-order chi connectivity index (χ0) is 20.2. The van der Waals surface area contributed by atoms with E-state index in [0.717, 1.165) is 28.1 Å². The summed E-state index contributed by atoms with van der Waals surface area (Å²) in [5.41, 5.74) is 4.18. The number of ether oxygens (including phenoxy) is 1. The molecule has 4 rings (SSSR count). The number of amidine groups is 1. The number of para-hydroxylation sites is 1. The van der Waals surface area contributed by atoms with Gasteiger partial charge in [0.15, 0.2) is 0 Å². The summed E-state index contributed by atoms with van der Waals surface area (Å²) in [6.45, 7) is 4.61. The van der Waals surface area contributed by atoms with E-state index in [1.807, 2.05) is 98.8 Å². The largest absolute Gasteiger partial charge is 0.494 e. The lowest BCUT2D eigenvalue weighted by Crippen LogP contribution is -2.32. The maximum Gasteiger partial charge on any atom is 0.282 e. The molecule has 1 amide bonds. The molecule has 0 fully saturated rings. The summed E-state index contributed by atoms with van der Waals surface area (Å²) in [5, 5.41) is 0. The molecule has 3 aromatic carbocycles. The van der Waals surface area contributed by atoms with Gasteiger partial charge < -0.3 is 4.74 Å². The Morgan fingerprint density at radius 1 is 0.931 bits per heavy atom. The second-order valence-electron chi connectivity index (χ2n) is 6.81. The number of carbonyl (C=O) groups excluding carboxylic acids is 1. The van der Waals surface area contributed by atoms with Gasteiger partial charge in [0.2, 0.25) is 0 Å². The molecule has 0 aliphatic carbocycles. The molecular weight excluding hydrogens is 360 g/mol. The van der Waals surface area contributed by atoms with Crippen LogP contribution in [-0.2, 0) is 4.79 Å². The summed E-state index contributed by atoms with van der Waals surface area (Å²) < 4.78 is 5.49. The van der Waals surface area contributed by atoms with E-state index in [0.29, 0.717) is 18.1 Å². The summed E-state index contributed by atoms with van der Waals surface area (Å²) in [6, 6.07) is 25.3. The fourth-order valence-corrected chi connectivity index (χ4v) is 3.21. The Hall–Kier alpha value is -3.66. The van der Waals surface area contributed by atoms with Gasteiger partial charge in [-0.2, -0.15) is 0 Å². The van der Waals surface area contributed by atoms with E-state index in [9.17, 15) is 4.79 Å². The van der Waals surface area contributed by atoms with Gasteiger partial charge in [-0.3, -0.25) is 9.69 Å². The van der Waals surface area contributed by atoms with Gasteiger partial charge in [0.25, 0.3) is 5.91 Å². The van der Waals surface area contributed by atoms with E-state index in [1.54, 1.807) is 4.90 Å². The summed E-state index contributed by atoms with van der Waals surface area (Å²) >= 11 is 0. The second kappa shape index (κ2) is 8.15. The minimum atomic E-state index is -0.138. The van der Waals surface area contributed by atoms with Crippen LogP contribution in [-0.4, -0.2) is 18.3 Å². The Kier molecular flexibility index (Phi) is 5.25. The monoisotopic (exact) mass is 382 g/mol. The van der Waals surface area contributed by atoms with Gasteiger partial charge in [-0.1, -0.05) is 60.2 Å². The van der Waals surface area contributed by atoms with E-state index in [-0.39, 0.29) is 5.91 Å². The van der Waals surface area contributed by atoms with E-state index >= 15 is 0 Å². The molecule has 1 aliphatic rings. The summed E-state index contributed by atoms with van der Waals surface area (Å²) in [6.07, 6.45) is 1.81. The lowest BCUT2D eigenvalue weighted by molar-refractivity contribution is -0.113. The molecular formula is C25H22N2O2. The van der Waals surface area contributed by atoms with E-state index in [4.69, 9.17) is 9.73 Å². The van der Waals surface area contributed by atoms with Crippen LogP contribution in [0.4, 0.5) is 5.69 Å². The molecule has 0 atom stereocenters. The van der Waals surface area contributed by atoms with E-state index in [2.05, 4.69) is 0 Å². The van der Waals surface area contributed by atoms with Gasteiger partial charge in [0.05, 0.1) is 12.3 Å². The first kappa shape index (κ1) is 18.7. The molecule has 3 aromatic rings. The van der Waals surface area contributed by atoms with Crippen LogP contribution in [0, 0.1) is 6.92 Å². The molecule has 0 radical (unpaired) electrons. The highest BCUT2D eigenvalue weighted by atomic mass is 16.5. The minimum absolute atomic E-state index is 0.138. The highest BCUT2D eigenvalue weighted by Gasteiger charge is 2.32. The zero-order valence-electron chi connectivity index (χ0n) is 16.5. The van der Waals surface area contributed by atoms with E-state index < -0.39 is 0 Å². The van der Waals surface area contributed by atoms with Crippen LogP contribution < -0.4 is 9.64 Å². The number of hydrogen-bond acceptors (Lipinski definition) is 3. The number of nitrogens with zero attached hydrogens (tertiary/aromatic N) is 2. The van der Waals surface area contributed by atoms with Crippen molar-refractivity contribution in [1.82, 2.24) is 0 Å². The van der Waals surface area contributed by atoms with Crippen molar-refractivity contribution in [3.05, 3.63) is 101 Å². The van der Waals surface area contributed by atoms with Gasteiger partial charge in [0, 0.05) is 5.56 Å². The third-order valence-electron chi connectivity index (χ3n) is 4.68. The van der Waals surface area contributed by atoms with Crippen LogP contribution >= 0.6 is 0 Å². The fraction of sp³-hybridized carbons (Fsp3) is 0.120.